The van der Waals surface area contributed by atoms with Gasteiger partial charge in [-0.2, -0.15) is 9.97 Å². The maximum absolute atomic E-state index is 12.7. The number of benzene rings is 1. The lowest BCUT2D eigenvalue weighted by atomic mass is 9.95. The van der Waals surface area contributed by atoms with Gasteiger partial charge < -0.3 is 19.3 Å². The zero-order valence-electron chi connectivity index (χ0n) is 28.2. The van der Waals surface area contributed by atoms with Crippen LogP contribution in [0.2, 0.25) is 0 Å². The summed E-state index contributed by atoms with van der Waals surface area (Å²) < 4.78 is 10.3. The van der Waals surface area contributed by atoms with Crippen LogP contribution >= 0.6 is 22.7 Å². The highest BCUT2D eigenvalue weighted by atomic mass is 32.1. The first-order chi connectivity index (χ1) is 24.9. The maximum atomic E-state index is 12.7. The van der Waals surface area contributed by atoms with Gasteiger partial charge in [-0.3, -0.25) is 20.3 Å². The van der Waals surface area contributed by atoms with Crippen LogP contribution in [0.1, 0.15) is 36.8 Å². The molecule has 266 valence electrons. The average molecular weight is 732 g/mol. The summed E-state index contributed by atoms with van der Waals surface area (Å²) in [4.78, 5) is 68.5. The first kappa shape index (κ1) is 34.4. The number of methoxy groups -OCH3 is 2. The van der Waals surface area contributed by atoms with Crippen LogP contribution in [0.3, 0.4) is 0 Å². The molecule has 0 saturated carbocycles. The fourth-order valence-corrected chi connectivity index (χ4v) is 8.01. The Balaban J connectivity index is 0.000000170. The van der Waals surface area contributed by atoms with E-state index in [0.717, 1.165) is 45.4 Å². The van der Waals surface area contributed by atoms with E-state index in [9.17, 15) is 14.4 Å². The molecule has 0 spiro atoms. The summed E-state index contributed by atoms with van der Waals surface area (Å²) in [6.07, 6.45) is 6.75. The largest absolute Gasteiger partial charge is 0.479 e. The Hall–Kier alpha value is -5.07. The average Bonchev–Trinajstić information content (AvgIpc) is 3.78. The van der Waals surface area contributed by atoms with Crippen molar-refractivity contribution in [1.29, 1.82) is 0 Å². The number of ketones is 1. The van der Waals surface area contributed by atoms with E-state index in [1.807, 2.05) is 4.90 Å². The Morgan fingerprint density at radius 3 is 1.80 bits per heavy atom. The highest BCUT2D eigenvalue weighted by Crippen LogP contribution is 2.31. The number of ether oxygens (including phenoxy) is 2. The number of nitrogens with one attached hydrogen (secondary N) is 2. The van der Waals surface area contributed by atoms with Crippen LogP contribution in [0.15, 0.2) is 36.9 Å². The molecule has 3 aliphatic rings. The fourth-order valence-electron chi connectivity index (χ4n) is 6.44. The van der Waals surface area contributed by atoms with Crippen LogP contribution in [0.25, 0.3) is 20.7 Å². The monoisotopic (exact) mass is 731 g/mol. The number of carbonyl (C=O) groups excluding carboxylic acids is 3. The number of piperidine rings is 2. The van der Waals surface area contributed by atoms with Gasteiger partial charge in [0.05, 0.1) is 14.2 Å². The van der Waals surface area contributed by atoms with Crippen molar-refractivity contribution in [3.8, 4) is 11.8 Å². The van der Waals surface area contributed by atoms with Gasteiger partial charge in [0.25, 0.3) is 0 Å². The highest BCUT2D eigenvalue weighted by molar-refractivity contribution is 7.22. The van der Waals surface area contributed by atoms with Crippen molar-refractivity contribution >= 4 is 71.5 Å². The summed E-state index contributed by atoms with van der Waals surface area (Å²) in [6, 6.07) is 8.89. The van der Waals surface area contributed by atoms with Crippen molar-refractivity contribution in [1.82, 2.24) is 44.6 Å². The molecule has 5 aromatic rings. The van der Waals surface area contributed by atoms with Crippen LogP contribution in [0.5, 0.6) is 11.8 Å². The minimum atomic E-state index is -0.256. The van der Waals surface area contributed by atoms with Gasteiger partial charge in [0.2, 0.25) is 11.8 Å². The number of fused-ring (bicyclic) bond motifs is 3. The quantitative estimate of drug-likeness (QED) is 0.260. The number of likely N-dealkylation sites (tertiary alicyclic amines) is 2. The lowest BCUT2D eigenvalue weighted by Crippen LogP contribution is -2.49. The van der Waals surface area contributed by atoms with E-state index in [0.29, 0.717) is 74.7 Å². The molecule has 2 saturated heterocycles. The smallest absolute Gasteiger partial charge is 0.323 e. The standard InChI is InChI=1S/C21H24N6O2S.C12H13N5O3S/c1-29-18-17-19(23-13-22-18)30-20(24-17)25-21(28)26-10-7-16(8-11-26)27-9-6-14-4-2-3-5-15(14)12-27;1-20-9-8-10(14-6-13-9)21-11(15-8)16-12(19)17-4-2-7(18)3-5-17/h2-5,13,16H,6-12H2,1H3,(H,24,25,28);6H,2-5H2,1H3,(H,15,16,19). The third-order valence-electron chi connectivity index (χ3n) is 9.17. The third-order valence-corrected chi connectivity index (χ3v) is 10.9. The Bertz CT molecular complexity index is 2040. The molecule has 51 heavy (non-hydrogen) atoms. The summed E-state index contributed by atoms with van der Waals surface area (Å²) in [5, 5.41) is 6.60. The number of hydrogen-bond acceptors (Lipinski definition) is 14. The van der Waals surface area contributed by atoms with Crippen LogP contribution in [0, 0.1) is 0 Å². The SMILES string of the molecule is COc1ncnc2sc(NC(=O)N3CCC(=O)CC3)nc12.COc1ncnc2sc(NC(=O)N3CCC(N4CCc5ccccc5C4)CC3)nc12. The number of aromatic nitrogens is 6. The fraction of sp³-hybridized carbons (Fsp3) is 0.424. The molecule has 18 heteroatoms. The maximum Gasteiger partial charge on any atom is 0.323 e. The van der Waals surface area contributed by atoms with E-state index in [-0.39, 0.29) is 17.8 Å². The summed E-state index contributed by atoms with van der Waals surface area (Å²) in [6.45, 7) is 4.51. The Morgan fingerprint density at radius 2 is 1.25 bits per heavy atom. The van der Waals surface area contributed by atoms with Crippen LogP contribution in [-0.2, 0) is 17.8 Å². The molecule has 3 aliphatic heterocycles. The van der Waals surface area contributed by atoms with Gasteiger partial charge in [-0.25, -0.2) is 29.5 Å². The van der Waals surface area contributed by atoms with Crippen LogP contribution < -0.4 is 20.1 Å². The second-order valence-electron chi connectivity index (χ2n) is 12.2. The van der Waals surface area contributed by atoms with E-state index in [1.54, 1.807) is 12.0 Å². The lowest BCUT2D eigenvalue weighted by molar-refractivity contribution is -0.120. The van der Waals surface area contributed by atoms with Crippen LogP contribution in [-0.4, -0.2) is 115 Å². The van der Waals surface area contributed by atoms with Gasteiger partial charge in [0.1, 0.15) is 18.4 Å². The molecular formula is C33H37N11O5S2. The van der Waals surface area contributed by atoms with Gasteiger partial charge in [-0.1, -0.05) is 46.9 Å². The zero-order valence-corrected chi connectivity index (χ0v) is 29.8. The minimum Gasteiger partial charge on any atom is -0.479 e. The minimum absolute atomic E-state index is 0.108. The van der Waals surface area contributed by atoms with Gasteiger partial charge >= 0.3 is 12.1 Å². The zero-order chi connectivity index (χ0) is 35.3. The van der Waals surface area contributed by atoms with Gasteiger partial charge in [0, 0.05) is 58.2 Å². The van der Waals surface area contributed by atoms with Crippen LogP contribution in [0.4, 0.5) is 19.9 Å². The molecule has 4 amide bonds. The van der Waals surface area contributed by atoms with Crippen molar-refractivity contribution in [2.45, 2.75) is 44.7 Å². The number of carbonyl (C=O) groups is 3. The number of anilines is 2. The highest BCUT2D eigenvalue weighted by Gasteiger charge is 2.29. The predicted molar refractivity (Wildman–Crippen MR) is 193 cm³/mol. The first-order valence-corrected chi connectivity index (χ1v) is 18.3. The molecule has 0 radical (unpaired) electrons. The van der Waals surface area contributed by atoms with Crippen molar-refractivity contribution < 1.29 is 23.9 Å². The number of amides is 4. The molecule has 16 nitrogen and oxygen atoms in total. The molecule has 0 aliphatic carbocycles. The number of rotatable bonds is 5. The van der Waals surface area contributed by atoms with Gasteiger partial charge in [0.15, 0.2) is 31.0 Å². The molecule has 0 atom stereocenters. The second kappa shape index (κ2) is 15.4. The summed E-state index contributed by atoms with van der Waals surface area (Å²) >= 11 is 2.58. The predicted octanol–water partition coefficient (Wildman–Crippen LogP) is 4.44. The molecule has 7 heterocycles. The molecule has 2 N–H and O–H groups in total. The van der Waals surface area contributed by atoms with E-state index >= 15 is 0 Å². The van der Waals surface area contributed by atoms with E-state index < -0.39 is 0 Å². The first-order valence-electron chi connectivity index (χ1n) is 16.6. The molecule has 0 bridgehead atoms. The molecular weight excluding hydrogens is 695 g/mol. The second-order valence-corrected chi connectivity index (χ2v) is 14.2. The van der Waals surface area contributed by atoms with Gasteiger partial charge in [-0.05, 0) is 30.4 Å². The normalized spacial score (nSPS) is 16.7. The number of thiazole rings is 2. The Kier molecular flexibility index (Phi) is 10.4. The number of nitrogens with zero attached hydrogens (tertiary/aromatic N) is 9. The van der Waals surface area contributed by atoms with E-state index in [2.05, 4.69) is 69.7 Å². The summed E-state index contributed by atoms with van der Waals surface area (Å²) in [7, 11) is 3.05. The van der Waals surface area contributed by atoms with E-state index in [4.69, 9.17) is 9.47 Å². The van der Waals surface area contributed by atoms with Gasteiger partial charge in [-0.15, -0.1) is 0 Å². The molecule has 1 aromatic carbocycles. The Morgan fingerprint density at radius 1 is 0.725 bits per heavy atom. The molecule has 0 unspecified atom stereocenters. The molecule has 2 fully saturated rings. The number of urea groups is 2. The Labute approximate surface area is 301 Å². The molecule has 4 aromatic heterocycles. The summed E-state index contributed by atoms with van der Waals surface area (Å²) in [5.74, 6) is 0.986. The topological polar surface area (TPSA) is 181 Å². The lowest BCUT2D eigenvalue weighted by Gasteiger charge is -2.40. The third kappa shape index (κ3) is 7.82. The van der Waals surface area contributed by atoms with Crippen molar-refractivity contribution in [2.75, 3.05) is 57.6 Å². The summed E-state index contributed by atoms with van der Waals surface area (Å²) in [5.41, 5.74) is 4.01. The van der Waals surface area contributed by atoms with Crippen molar-refractivity contribution in [2.24, 2.45) is 0 Å². The van der Waals surface area contributed by atoms with E-state index in [1.165, 1.54) is 53.6 Å². The van der Waals surface area contributed by atoms with Crippen molar-refractivity contribution in [3.05, 3.63) is 48.0 Å². The molecule has 8 rings (SSSR count). The number of hydrogen-bond donors (Lipinski definition) is 2. The number of Topliss-reactive ketones (excluding diaryl/α,β-unsaturated/α-hetero) is 1. The van der Waals surface area contributed by atoms with Crippen molar-refractivity contribution in [3.63, 3.8) is 0 Å².